The highest BCUT2D eigenvalue weighted by molar-refractivity contribution is 7.92. The molecule has 31 heavy (non-hydrogen) atoms. The summed E-state index contributed by atoms with van der Waals surface area (Å²) in [6.45, 7) is 0.179. The molecule has 0 aliphatic carbocycles. The fourth-order valence-corrected chi connectivity index (χ4v) is 4.01. The lowest BCUT2D eigenvalue weighted by atomic mass is 10.2. The number of anilines is 1. The van der Waals surface area contributed by atoms with E-state index < -0.39 is 16.0 Å². The van der Waals surface area contributed by atoms with Crippen molar-refractivity contribution in [3.63, 3.8) is 0 Å². The van der Waals surface area contributed by atoms with Crippen LogP contribution >= 0.6 is 0 Å². The molecule has 0 heterocycles. The van der Waals surface area contributed by atoms with Crippen LogP contribution in [-0.2, 0) is 14.8 Å². The van der Waals surface area contributed by atoms with E-state index in [1.165, 1.54) is 35.6 Å². The van der Waals surface area contributed by atoms with Gasteiger partial charge in [-0.1, -0.05) is 24.3 Å². The van der Waals surface area contributed by atoms with Gasteiger partial charge >= 0.3 is 5.97 Å². The maximum Gasteiger partial charge on any atom is 0.338 e. The smallest absolute Gasteiger partial charge is 0.338 e. The summed E-state index contributed by atoms with van der Waals surface area (Å²) in [5.41, 5.74) is 0.665. The zero-order valence-electron chi connectivity index (χ0n) is 17.2. The van der Waals surface area contributed by atoms with E-state index in [2.05, 4.69) is 0 Å². The van der Waals surface area contributed by atoms with Crippen LogP contribution in [0.15, 0.2) is 83.8 Å². The molecule has 3 aromatic carbocycles. The van der Waals surface area contributed by atoms with Crippen LogP contribution in [0.25, 0.3) is 0 Å². The van der Waals surface area contributed by atoms with Crippen molar-refractivity contribution < 1.29 is 27.4 Å². The molecule has 0 aromatic heterocycles. The highest BCUT2D eigenvalue weighted by Crippen LogP contribution is 2.22. The number of hydrogen-bond donors (Lipinski definition) is 0. The van der Waals surface area contributed by atoms with Crippen LogP contribution in [0.2, 0.25) is 0 Å². The number of esters is 1. The Bertz CT molecular complexity index is 1110. The van der Waals surface area contributed by atoms with Crippen molar-refractivity contribution in [3.8, 4) is 11.5 Å². The average molecular weight is 442 g/mol. The zero-order chi connectivity index (χ0) is 22.3. The van der Waals surface area contributed by atoms with E-state index in [-0.39, 0.29) is 23.7 Å². The molecule has 162 valence electrons. The topological polar surface area (TPSA) is 82.1 Å². The third-order valence-electron chi connectivity index (χ3n) is 4.49. The number of rotatable bonds is 9. The summed E-state index contributed by atoms with van der Waals surface area (Å²) in [5, 5.41) is 0. The summed E-state index contributed by atoms with van der Waals surface area (Å²) in [4.78, 5) is 12.4. The van der Waals surface area contributed by atoms with Gasteiger partial charge in [0.05, 0.1) is 23.3 Å². The van der Waals surface area contributed by atoms with Crippen molar-refractivity contribution >= 4 is 21.7 Å². The summed E-state index contributed by atoms with van der Waals surface area (Å²) >= 11 is 0. The number of methoxy groups -OCH3 is 1. The summed E-state index contributed by atoms with van der Waals surface area (Å²) < 4.78 is 42.8. The SMILES string of the molecule is COc1ccc(OCCOC(=O)c2cccc(S(=O)(=O)N(C)c3ccccc3)c2)cc1. The first-order chi connectivity index (χ1) is 14.9. The van der Waals surface area contributed by atoms with Gasteiger partial charge < -0.3 is 14.2 Å². The first-order valence-electron chi connectivity index (χ1n) is 9.50. The van der Waals surface area contributed by atoms with Gasteiger partial charge in [-0.15, -0.1) is 0 Å². The summed E-state index contributed by atoms with van der Waals surface area (Å²) in [7, 11) is -0.781. The third kappa shape index (κ3) is 5.55. The number of carbonyl (C=O) groups is 1. The predicted molar refractivity (Wildman–Crippen MR) is 117 cm³/mol. The second kappa shape index (κ2) is 9.99. The van der Waals surface area contributed by atoms with Crippen LogP contribution in [0.3, 0.4) is 0 Å². The minimum Gasteiger partial charge on any atom is -0.497 e. The third-order valence-corrected chi connectivity index (χ3v) is 6.27. The van der Waals surface area contributed by atoms with Crippen LogP contribution in [0, 0.1) is 0 Å². The van der Waals surface area contributed by atoms with E-state index in [9.17, 15) is 13.2 Å². The van der Waals surface area contributed by atoms with E-state index in [4.69, 9.17) is 14.2 Å². The molecule has 0 aliphatic rings. The molecule has 0 bridgehead atoms. The Kier molecular flexibility index (Phi) is 7.15. The molecule has 0 N–H and O–H groups in total. The molecule has 0 saturated carbocycles. The largest absolute Gasteiger partial charge is 0.497 e. The van der Waals surface area contributed by atoms with E-state index in [1.807, 2.05) is 0 Å². The van der Waals surface area contributed by atoms with Crippen molar-refractivity contribution in [1.29, 1.82) is 0 Å². The van der Waals surface area contributed by atoms with Crippen molar-refractivity contribution in [2.24, 2.45) is 0 Å². The number of carbonyl (C=O) groups excluding carboxylic acids is 1. The number of sulfonamides is 1. The summed E-state index contributed by atoms with van der Waals surface area (Å²) in [5.74, 6) is 0.707. The highest BCUT2D eigenvalue weighted by atomic mass is 32.2. The Balaban J connectivity index is 1.60. The molecule has 0 spiro atoms. The van der Waals surface area contributed by atoms with Crippen molar-refractivity contribution in [2.45, 2.75) is 4.90 Å². The molecule has 0 amide bonds. The Labute approximate surface area is 181 Å². The van der Waals surface area contributed by atoms with Gasteiger partial charge in [-0.05, 0) is 54.6 Å². The fourth-order valence-electron chi connectivity index (χ4n) is 2.77. The van der Waals surface area contributed by atoms with Gasteiger partial charge in [0.2, 0.25) is 0 Å². The maximum atomic E-state index is 12.9. The highest BCUT2D eigenvalue weighted by Gasteiger charge is 2.22. The number of nitrogens with zero attached hydrogens (tertiary/aromatic N) is 1. The van der Waals surface area contributed by atoms with Crippen LogP contribution in [0.4, 0.5) is 5.69 Å². The van der Waals surface area contributed by atoms with E-state index in [0.717, 1.165) is 0 Å². The molecule has 0 fully saturated rings. The quantitative estimate of drug-likeness (QED) is 0.372. The lowest BCUT2D eigenvalue weighted by Crippen LogP contribution is -2.26. The zero-order valence-corrected chi connectivity index (χ0v) is 18.0. The molecule has 0 unspecified atom stereocenters. The number of hydrogen-bond acceptors (Lipinski definition) is 6. The van der Waals surface area contributed by atoms with Crippen LogP contribution in [0.5, 0.6) is 11.5 Å². The van der Waals surface area contributed by atoms with E-state index in [1.54, 1.807) is 61.7 Å². The molecule has 0 aliphatic heterocycles. The lowest BCUT2D eigenvalue weighted by molar-refractivity contribution is 0.0450. The normalized spacial score (nSPS) is 10.9. The van der Waals surface area contributed by atoms with Gasteiger partial charge in [-0.3, -0.25) is 4.31 Å². The number of benzene rings is 3. The maximum absolute atomic E-state index is 12.9. The molecule has 3 rings (SSSR count). The predicted octanol–water partition coefficient (Wildman–Crippen LogP) is 3.76. The standard InChI is InChI=1S/C23H23NO6S/c1-24(19-8-4-3-5-9-19)31(26,27)22-10-6-7-18(17-22)23(25)30-16-15-29-21-13-11-20(28-2)12-14-21/h3-14,17H,15-16H2,1-2H3. The van der Waals surface area contributed by atoms with E-state index in [0.29, 0.717) is 17.2 Å². The monoisotopic (exact) mass is 441 g/mol. The number of para-hydroxylation sites is 1. The fraction of sp³-hybridized carbons (Fsp3) is 0.174. The second-order valence-electron chi connectivity index (χ2n) is 6.50. The van der Waals surface area contributed by atoms with Gasteiger partial charge in [-0.25, -0.2) is 13.2 Å². The first-order valence-corrected chi connectivity index (χ1v) is 10.9. The molecule has 0 saturated heterocycles. The molecular formula is C23H23NO6S. The molecule has 0 atom stereocenters. The molecule has 0 radical (unpaired) electrons. The number of ether oxygens (including phenoxy) is 3. The summed E-state index contributed by atoms with van der Waals surface area (Å²) in [6.07, 6.45) is 0. The second-order valence-corrected chi connectivity index (χ2v) is 8.47. The van der Waals surface area contributed by atoms with Gasteiger partial charge in [0.25, 0.3) is 10.0 Å². The Hall–Kier alpha value is -3.52. The van der Waals surface area contributed by atoms with Crippen molar-refractivity contribution in [3.05, 3.63) is 84.4 Å². The van der Waals surface area contributed by atoms with Gasteiger partial charge in [0.15, 0.2) is 0 Å². The minimum atomic E-state index is -3.82. The van der Waals surface area contributed by atoms with Crippen LogP contribution < -0.4 is 13.8 Å². The van der Waals surface area contributed by atoms with Gasteiger partial charge in [0.1, 0.15) is 24.7 Å². The Morgan fingerprint density at radius 1 is 0.871 bits per heavy atom. The molecule has 7 nitrogen and oxygen atoms in total. The van der Waals surface area contributed by atoms with Crippen molar-refractivity contribution in [2.75, 3.05) is 31.7 Å². The van der Waals surface area contributed by atoms with Gasteiger partial charge in [0, 0.05) is 7.05 Å². The lowest BCUT2D eigenvalue weighted by Gasteiger charge is -2.19. The molecule has 3 aromatic rings. The molecule has 8 heteroatoms. The Morgan fingerprint density at radius 2 is 1.55 bits per heavy atom. The Morgan fingerprint density at radius 3 is 2.23 bits per heavy atom. The van der Waals surface area contributed by atoms with Crippen LogP contribution in [0.1, 0.15) is 10.4 Å². The summed E-state index contributed by atoms with van der Waals surface area (Å²) in [6, 6.07) is 21.5. The first kappa shape index (κ1) is 22.2. The van der Waals surface area contributed by atoms with Crippen LogP contribution in [-0.4, -0.2) is 41.8 Å². The van der Waals surface area contributed by atoms with Crippen molar-refractivity contribution in [1.82, 2.24) is 0 Å². The minimum absolute atomic E-state index is 0.00258. The average Bonchev–Trinajstić information content (AvgIpc) is 2.82. The van der Waals surface area contributed by atoms with E-state index >= 15 is 0 Å². The molecular weight excluding hydrogens is 418 g/mol. The van der Waals surface area contributed by atoms with Gasteiger partial charge in [-0.2, -0.15) is 0 Å².